The van der Waals surface area contributed by atoms with Crippen LogP contribution < -0.4 is 5.43 Å². The number of non-ortho nitro benzene ring substituents is 1. The number of hydrogen-bond acceptors (Lipinski definition) is 5. The molecular formula is C14H11N3O4. The first kappa shape index (κ1) is 14.2. The van der Waals surface area contributed by atoms with Crippen LogP contribution in [0.25, 0.3) is 0 Å². The monoisotopic (exact) mass is 285 g/mol. The molecule has 0 unspecified atom stereocenters. The zero-order valence-corrected chi connectivity index (χ0v) is 10.8. The zero-order chi connectivity index (χ0) is 15.2. The van der Waals surface area contributed by atoms with Crippen LogP contribution in [0.1, 0.15) is 15.9 Å². The molecular weight excluding hydrogens is 274 g/mol. The smallest absolute Gasteiger partial charge is 0.275 e. The molecule has 0 aliphatic carbocycles. The molecule has 21 heavy (non-hydrogen) atoms. The van der Waals surface area contributed by atoms with Crippen LogP contribution in [0.5, 0.6) is 5.75 Å². The number of hydrogen-bond donors (Lipinski definition) is 2. The number of amides is 1. The summed E-state index contributed by atoms with van der Waals surface area (Å²) in [5.74, 6) is -1.13. The number of benzene rings is 2. The van der Waals surface area contributed by atoms with Crippen molar-refractivity contribution >= 4 is 17.8 Å². The van der Waals surface area contributed by atoms with Gasteiger partial charge in [0.2, 0.25) is 0 Å². The third-order valence-electron chi connectivity index (χ3n) is 2.62. The summed E-state index contributed by atoms with van der Waals surface area (Å²) >= 11 is 0. The van der Waals surface area contributed by atoms with Crippen molar-refractivity contribution in [2.45, 2.75) is 0 Å². The van der Waals surface area contributed by atoms with Crippen molar-refractivity contribution in [1.29, 1.82) is 0 Å². The first-order valence-electron chi connectivity index (χ1n) is 5.94. The minimum atomic E-state index is -0.658. The highest BCUT2D eigenvalue weighted by Crippen LogP contribution is 2.23. The third kappa shape index (κ3) is 3.63. The van der Waals surface area contributed by atoms with Crippen molar-refractivity contribution in [2.75, 3.05) is 0 Å². The highest BCUT2D eigenvalue weighted by molar-refractivity contribution is 5.97. The van der Waals surface area contributed by atoms with Gasteiger partial charge in [0.1, 0.15) is 5.75 Å². The van der Waals surface area contributed by atoms with Crippen LogP contribution in [-0.2, 0) is 0 Å². The Morgan fingerprint density at radius 1 is 1.24 bits per heavy atom. The second-order valence-corrected chi connectivity index (χ2v) is 4.07. The number of nitro groups is 1. The van der Waals surface area contributed by atoms with Gasteiger partial charge in [-0.2, -0.15) is 5.10 Å². The van der Waals surface area contributed by atoms with Crippen LogP contribution in [0.15, 0.2) is 53.6 Å². The van der Waals surface area contributed by atoms with Gasteiger partial charge in [-0.05, 0) is 11.6 Å². The Balaban J connectivity index is 2.07. The van der Waals surface area contributed by atoms with Gasteiger partial charge in [0.05, 0.1) is 22.8 Å². The third-order valence-corrected chi connectivity index (χ3v) is 2.62. The summed E-state index contributed by atoms with van der Waals surface area (Å²) in [7, 11) is 0. The van der Waals surface area contributed by atoms with E-state index in [2.05, 4.69) is 10.5 Å². The lowest BCUT2D eigenvalue weighted by atomic mass is 10.2. The highest BCUT2D eigenvalue weighted by Gasteiger charge is 2.14. The summed E-state index contributed by atoms with van der Waals surface area (Å²) in [6, 6.07) is 12.3. The Kier molecular flexibility index (Phi) is 4.25. The van der Waals surface area contributed by atoms with Gasteiger partial charge in [0.25, 0.3) is 11.6 Å². The van der Waals surface area contributed by atoms with Crippen molar-refractivity contribution in [3.63, 3.8) is 0 Å². The molecule has 0 fully saturated rings. The number of nitrogens with one attached hydrogen (secondary N) is 1. The lowest BCUT2D eigenvalue weighted by molar-refractivity contribution is -0.384. The highest BCUT2D eigenvalue weighted by atomic mass is 16.6. The average Bonchev–Trinajstić information content (AvgIpc) is 2.48. The summed E-state index contributed by atoms with van der Waals surface area (Å²) in [5.41, 5.74) is 2.65. The Morgan fingerprint density at radius 2 is 1.95 bits per heavy atom. The van der Waals surface area contributed by atoms with E-state index < -0.39 is 16.6 Å². The molecule has 2 aromatic carbocycles. The number of carbonyl (C=O) groups excluding carboxylic acids is 1. The lowest BCUT2D eigenvalue weighted by Gasteiger charge is -2.02. The molecule has 106 valence electrons. The summed E-state index contributed by atoms with van der Waals surface area (Å²) < 4.78 is 0. The van der Waals surface area contributed by atoms with E-state index in [1.54, 1.807) is 12.1 Å². The van der Waals surface area contributed by atoms with Crippen LogP contribution >= 0.6 is 0 Å². The number of nitrogens with zero attached hydrogens (tertiary/aromatic N) is 2. The van der Waals surface area contributed by atoms with Gasteiger partial charge in [-0.3, -0.25) is 14.9 Å². The van der Waals surface area contributed by atoms with E-state index in [0.29, 0.717) is 0 Å². The topological polar surface area (TPSA) is 105 Å². The average molecular weight is 285 g/mol. The molecule has 0 aliphatic heterocycles. The van der Waals surface area contributed by atoms with Gasteiger partial charge >= 0.3 is 0 Å². The fourth-order valence-corrected chi connectivity index (χ4v) is 1.59. The zero-order valence-electron chi connectivity index (χ0n) is 10.8. The van der Waals surface area contributed by atoms with Gasteiger partial charge < -0.3 is 5.11 Å². The Labute approximate surface area is 119 Å². The quantitative estimate of drug-likeness (QED) is 0.509. The van der Waals surface area contributed by atoms with Gasteiger partial charge in [-0.15, -0.1) is 0 Å². The van der Waals surface area contributed by atoms with Crippen LogP contribution in [0.2, 0.25) is 0 Å². The van der Waals surface area contributed by atoms with E-state index in [1.807, 2.05) is 18.2 Å². The van der Waals surface area contributed by atoms with Crippen LogP contribution in [-0.4, -0.2) is 22.2 Å². The molecule has 2 aromatic rings. The first-order chi connectivity index (χ1) is 10.1. The fourth-order valence-electron chi connectivity index (χ4n) is 1.59. The van der Waals surface area contributed by atoms with Crippen LogP contribution in [0.4, 0.5) is 5.69 Å². The Bertz CT molecular complexity index is 699. The van der Waals surface area contributed by atoms with E-state index >= 15 is 0 Å². The van der Waals surface area contributed by atoms with Crippen molar-refractivity contribution in [3.05, 3.63) is 69.8 Å². The normalized spacial score (nSPS) is 10.5. The molecule has 0 saturated carbocycles. The number of hydrazone groups is 1. The molecule has 0 radical (unpaired) electrons. The number of phenols is 1. The molecule has 0 aliphatic rings. The fraction of sp³-hybridized carbons (Fsp3) is 0. The second kappa shape index (κ2) is 6.29. The van der Waals surface area contributed by atoms with E-state index in [1.165, 1.54) is 12.3 Å². The lowest BCUT2D eigenvalue weighted by Crippen LogP contribution is -2.17. The number of nitro benzene ring substituents is 1. The predicted octanol–water partition coefficient (Wildman–Crippen LogP) is 2.06. The Hall–Kier alpha value is -3.22. The molecule has 2 rings (SSSR count). The summed E-state index contributed by atoms with van der Waals surface area (Å²) in [5, 5.41) is 23.9. The molecule has 0 heterocycles. The van der Waals surface area contributed by atoms with E-state index in [0.717, 1.165) is 17.7 Å². The molecule has 0 saturated heterocycles. The number of carbonyl (C=O) groups is 1. The summed E-state index contributed by atoms with van der Waals surface area (Å²) in [6.45, 7) is 0. The minimum absolute atomic E-state index is 0.0918. The SMILES string of the molecule is O=C(N/N=C/c1ccccc1)c1ccc([N+](=O)[O-])cc1O. The standard InChI is InChI=1S/C14H11N3O4/c18-13-8-11(17(20)21)6-7-12(13)14(19)16-15-9-10-4-2-1-3-5-10/h1-9,18H,(H,16,19)/b15-9+. The van der Waals surface area contributed by atoms with Gasteiger partial charge in [0, 0.05) is 6.07 Å². The maximum atomic E-state index is 11.8. The maximum absolute atomic E-state index is 11.8. The minimum Gasteiger partial charge on any atom is -0.507 e. The molecule has 0 bridgehead atoms. The number of aromatic hydroxyl groups is 1. The first-order valence-corrected chi connectivity index (χ1v) is 5.94. The van der Waals surface area contributed by atoms with Gasteiger partial charge in [0.15, 0.2) is 0 Å². The molecule has 1 amide bonds. The maximum Gasteiger partial charge on any atom is 0.275 e. The largest absolute Gasteiger partial charge is 0.507 e. The van der Waals surface area contributed by atoms with Crippen molar-refractivity contribution < 1.29 is 14.8 Å². The van der Waals surface area contributed by atoms with Crippen LogP contribution in [0.3, 0.4) is 0 Å². The van der Waals surface area contributed by atoms with Gasteiger partial charge in [-0.25, -0.2) is 5.43 Å². The molecule has 7 nitrogen and oxygen atoms in total. The predicted molar refractivity (Wildman–Crippen MR) is 76.3 cm³/mol. The van der Waals surface area contributed by atoms with Crippen LogP contribution in [0, 0.1) is 10.1 Å². The van der Waals surface area contributed by atoms with Crippen molar-refractivity contribution in [1.82, 2.24) is 5.43 Å². The van der Waals surface area contributed by atoms with E-state index in [9.17, 15) is 20.0 Å². The second-order valence-electron chi connectivity index (χ2n) is 4.07. The van der Waals surface area contributed by atoms with E-state index in [-0.39, 0.29) is 11.3 Å². The molecule has 0 spiro atoms. The number of rotatable bonds is 4. The van der Waals surface area contributed by atoms with Crippen molar-refractivity contribution in [3.8, 4) is 5.75 Å². The molecule has 2 N–H and O–H groups in total. The molecule has 7 heteroatoms. The summed E-state index contributed by atoms with van der Waals surface area (Å²) in [6.07, 6.45) is 1.44. The van der Waals surface area contributed by atoms with Crippen molar-refractivity contribution in [2.24, 2.45) is 5.10 Å². The molecule has 0 atom stereocenters. The summed E-state index contributed by atoms with van der Waals surface area (Å²) in [4.78, 5) is 21.7. The van der Waals surface area contributed by atoms with Gasteiger partial charge in [-0.1, -0.05) is 30.3 Å². The molecule has 0 aromatic heterocycles. The van der Waals surface area contributed by atoms with E-state index in [4.69, 9.17) is 0 Å². The Morgan fingerprint density at radius 3 is 2.57 bits per heavy atom. The number of phenolic OH excluding ortho intramolecular Hbond substituents is 1.